The summed E-state index contributed by atoms with van der Waals surface area (Å²) in [5.41, 5.74) is 1.54. The van der Waals surface area contributed by atoms with E-state index in [1.165, 1.54) is 12.1 Å². The van der Waals surface area contributed by atoms with Crippen LogP contribution in [0.5, 0.6) is 5.75 Å². The van der Waals surface area contributed by atoms with Crippen LogP contribution in [0.25, 0.3) is 0 Å². The molecule has 5 nitrogen and oxygen atoms in total. The quantitative estimate of drug-likeness (QED) is 0.913. The number of furan rings is 1. The van der Waals surface area contributed by atoms with E-state index in [0.717, 1.165) is 5.56 Å². The van der Waals surface area contributed by atoms with E-state index in [1.807, 2.05) is 0 Å². The summed E-state index contributed by atoms with van der Waals surface area (Å²) in [4.78, 5) is 11.9. The lowest BCUT2D eigenvalue weighted by Gasteiger charge is -2.26. The summed E-state index contributed by atoms with van der Waals surface area (Å²) in [6.07, 6.45) is 3.72. The van der Waals surface area contributed by atoms with Crippen molar-refractivity contribution >= 4 is 6.03 Å². The molecular formula is C15H15FN2O3. The maximum atomic E-state index is 13.3. The monoisotopic (exact) mass is 290 g/mol. The molecule has 0 aliphatic carbocycles. The molecule has 1 atom stereocenters. The Balaban J connectivity index is 1.63. The van der Waals surface area contributed by atoms with Gasteiger partial charge in [-0.15, -0.1) is 0 Å². The smallest absolute Gasteiger partial charge is 0.315 e. The van der Waals surface area contributed by atoms with Gasteiger partial charge in [-0.2, -0.15) is 0 Å². The molecule has 1 aliphatic heterocycles. The molecule has 3 rings (SSSR count). The number of hydrogen-bond acceptors (Lipinski definition) is 3. The van der Waals surface area contributed by atoms with E-state index in [2.05, 4.69) is 10.6 Å². The second-order valence-electron chi connectivity index (χ2n) is 4.83. The first-order valence-corrected chi connectivity index (χ1v) is 6.70. The van der Waals surface area contributed by atoms with Crippen molar-refractivity contribution in [2.75, 3.05) is 6.61 Å². The van der Waals surface area contributed by atoms with Crippen molar-refractivity contribution in [3.05, 3.63) is 53.7 Å². The topological polar surface area (TPSA) is 63.5 Å². The molecule has 0 saturated heterocycles. The van der Waals surface area contributed by atoms with Crippen molar-refractivity contribution in [1.29, 1.82) is 0 Å². The molecule has 2 heterocycles. The number of carbonyl (C=O) groups excluding carboxylic acids is 1. The molecule has 0 fully saturated rings. The van der Waals surface area contributed by atoms with Gasteiger partial charge in [-0.25, -0.2) is 9.18 Å². The minimum Gasteiger partial charge on any atom is -0.493 e. The average molecular weight is 290 g/mol. The number of hydrogen-bond donors (Lipinski definition) is 2. The van der Waals surface area contributed by atoms with Gasteiger partial charge in [0.25, 0.3) is 0 Å². The fraction of sp³-hybridized carbons (Fsp3) is 0.267. The summed E-state index contributed by atoms with van der Waals surface area (Å²) in [6, 6.07) is 5.55. The number of carbonyl (C=O) groups is 1. The second-order valence-corrected chi connectivity index (χ2v) is 4.83. The van der Waals surface area contributed by atoms with Gasteiger partial charge in [0.05, 0.1) is 25.2 Å². The zero-order chi connectivity index (χ0) is 14.7. The van der Waals surface area contributed by atoms with Crippen molar-refractivity contribution in [1.82, 2.24) is 10.6 Å². The third-order valence-corrected chi connectivity index (χ3v) is 3.35. The number of nitrogens with one attached hydrogen (secondary N) is 2. The van der Waals surface area contributed by atoms with Crippen molar-refractivity contribution in [2.24, 2.45) is 0 Å². The Morgan fingerprint density at radius 3 is 3.10 bits per heavy atom. The lowest BCUT2D eigenvalue weighted by Crippen LogP contribution is -2.39. The highest BCUT2D eigenvalue weighted by atomic mass is 19.1. The van der Waals surface area contributed by atoms with Crippen LogP contribution in [0.3, 0.4) is 0 Å². The third kappa shape index (κ3) is 3.16. The van der Waals surface area contributed by atoms with E-state index in [0.29, 0.717) is 30.9 Å². The van der Waals surface area contributed by atoms with Gasteiger partial charge in [-0.3, -0.25) is 0 Å². The van der Waals surface area contributed by atoms with Crippen LogP contribution in [0.15, 0.2) is 41.2 Å². The third-order valence-electron chi connectivity index (χ3n) is 3.35. The highest BCUT2D eigenvalue weighted by Crippen LogP contribution is 2.32. The Morgan fingerprint density at radius 2 is 2.29 bits per heavy atom. The SMILES string of the molecule is O=C(NCc1ccoc1)NC1CCOc2ccc(F)cc21. The molecule has 2 N–H and O–H groups in total. The van der Waals surface area contributed by atoms with E-state index in [1.54, 1.807) is 24.7 Å². The van der Waals surface area contributed by atoms with Crippen LogP contribution in [0.1, 0.15) is 23.6 Å². The van der Waals surface area contributed by atoms with E-state index >= 15 is 0 Å². The Hall–Kier alpha value is -2.50. The number of amides is 2. The number of halogens is 1. The predicted octanol–water partition coefficient (Wildman–Crippen LogP) is 2.74. The first kappa shape index (κ1) is 13.5. The minimum absolute atomic E-state index is 0.256. The molecule has 1 unspecified atom stereocenters. The van der Waals surface area contributed by atoms with E-state index in [4.69, 9.17) is 9.15 Å². The highest BCUT2D eigenvalue weighted by molar-refractivity contribution is 5.74. The summed E-state index contributed by atoms with van der Waals surface area (Å²) in [5.74, 6) is 0.271. The van der Waals surface area contributed by atoms with Crippen molar-refractivity contribution in [2.45, 2.75) is 19.0 Å². The molecule has 2 aromatic rings. The molecule has 1 aromatic carbocycles. The molecule has 110 valence electrons. The standard InChI is InChI=1S/C15H15FN2O3/c16-11-1-2-14-12(7-11)13(4-6-21-14)18-15(19)17-8-10-3-5-20-9-10/h1-3,5,7,9,13H,4,6,8H2,(H2,17,18,19). The lowest BCUT2D eigenvalue weighted by molar-refractivity contribution is 0.223. The molecule has 0 saturated carbocycles. The van der Waals surface area contributed by atoms with E-state index in [9.17, 15) is 9.18 Å². The van der Waals surface area contributed by atoms with Gasteiger partial charge in [-0.05, 0) is 24.3 Å². The highest BCUT2D eigenvalue weighted by Gasteiger charge is 2.23. The first-order valence-electron chi connectivity index (χ1n) is 6.70. The maximum Gasteiger partial charge on any atom is 0.315 e. The fourth-order valence-corrected chi connectivity index (χ4v) is 2.30. The van der Waals surface area contributed by atoms with Crippen molar-refractivity contribution in [3.8, 4) is 5.75 Å². The Kier molecular flexibility index (Phi) is 3.77. The summed E-state index contributed by atoms with van der Waals surface area (Å²) in [6.45, 7) is 0.868. The van der Waals surface area contributed by atoms with Gasteiger partial charge in [0.15, 0.2) is 0 Å². The zero-order valence-corrected chi connectivity index (χ0v) is 11.3. The summed E-state index contributed by atoms with van der Waals surface area (Å²) in [7, 11) is 0. The van der Waals surface area contributed by atoms with Crippen LogP contribution >= 0.6 is 0 Å². The summed E-state index contributed by atoms with van der Waals surface area (Å²) in [5, 5.41) is 5.57. The average Bonchev–Trinajstić information content (AvgIpc) is 2.99. The number of fused-ring (bicyclic) bond motifs is 1. The van der Waals surface area contributed by atoms with Gasteiger partial charge in [0.2, 0.25) is 0 Å². The van der Waals surface area contributed by atoms with Crippen LogP contribution in [0.4, 0.5) is 9.18 Å². The number of rotatable bonds is 3. The van der Waals surface area contributed by atoms with E-state index in [-0.39, 0.29) is 17.9 Å². The van der Waals surface area contributed by atoms with Crippen LogP contribution in [-0.2, 0) is 6.54 Å². The number of urea groups is 1. The molecule has 21 heavy (non-hydrogen) atoms. The van der Waals surface area contributed by atoms with Crippen LogP contribution < -0.4 is 15.4 Å². The molecule has 1 aromatic heterocycles. The van der Waals surface area contributed by atoms with Crippen LogP contribution in [0, 0.1) is 5.82 Å². The van der Waals surface area contributed by atoms with Gasteiger partial charge in [0, 0.05) is 24.1 Å². The minimum atomic E-state index is -0.343. The maximum absolute atomic E-state index is 13.3. The first-order chi connectivity index (χ1) is 10.2. The van der Waals surface area contributed by atoms with Gasteiger partial charge < -0.3 is 19.8 Å². The van der Waals surface area contributed by atoms with Gasteiger partial charge >= 0.3 is 6.03 Å². The van der Waals surface area contributed by atoms with Crippen molar-refractivity contribution in [3.63, 3.8) is 0 Å². The van der Waals surface area contributed by atoms with Gasteiger partial charge in [0.1, 0.15) is 11.6 Å². The predicted molar refractivity (Wildman–Crippen MR) is 73.3 cm³/mol. The van der Waals surface area contributed by atoms with Crippen molar-refractivity contribution < 1.29 is 18.3 Å². The summed E-state index contributed by atoms with van der Waals surface area (Å²) >= 11 is 0. The molecule has 0 radical (unpaired) electrons. The Labute approximate surface area is 121 Å². The molecule has 0 spiro atoms. The Morgan fingerprint density at radius 1 is 1.38 bits per heavy atom. The molecular weight excluding hydrogens is 275 g/mol. The largest absolute Gasteiger partial charge is 0.493 e. The molecule has 2 amide bonds. The molecule has 6 heteroatoms. The normalized spacial score (nSPS) is 16.7. The van der Waals surface area contributed by atoms with Crippen LogP contribution in [0.2, 0.25) is 0 Å². The Bertz CT molecular complexity index is 628. The number of benzene rings is 1. The molecule has 0 bridgehead atoms. The number of ether oxygens (including phenoxy) is 1. The van der Waals surface area contributed by atoms with Gasteiger partial charge in [-0.1, -0.05) is 0 Å². The lowest BCUT2D eigenvalue weighted by atomic mass is 10.0. The van der Waals surface area contributed by atoms with Crippen LogP contribution in [-0.4, -0.2) is 12.6 Å². The van der Waals surface area contributed by atoms with E-state index < -0.39 is 0 Å². The second kappa shape index (κ2) is 5.87. The summed E-state index contributed by atoms with van der Waals surface area (Å²) < 4.78 is 23.7. The fourth-order valence-electron chi connectivity index (χ4n) is 2.30. The molecule has 1 aliphatic rings. The zero-order valence-electron chi connectivity index (χ0n) is 11.3.